The van der Waals surface area contributed by atoms with Gasteiger partial charge in [-0.1, -0.05) is 22.9 Å². The van der Waals surface area contributed by atoms with Crippen LogP contribution in [-0.4, -0.2) is 37.5 Å². The average Bonchev–Trinajstić information content (AvgIpc) is 2.41. The molecule has 1 aliphatic heterocycles. The highest BCUT2D eigenvalue weighted by atomic mass is 79.9. The highest BCUT2D eigenvalue weighted by molar-refractivity contribution is 9.10. The summed E-state index contributed by atoms with van der Waals surface area (Å²) < 4.78 is 0.992. The van der Waals surface area contributed by atoms with E-state index in [1.165, 1.54) is 0 Å². The molecule has 1 N–H and O–H groups in total. The number of nitrogens with zero attached hydrogens (tertiary/aromatic N) is 1. The molecular weight excluding hydrogens is 304 g/mol. The highest BCUT2D eigenvalue weighted by Gasteiger charge is 2.29. The molecule has 0 atom stereocenters. The zero-order chi connectivity index (χ0) is 13.9. The van der Waals surface area contributed by atoms with Crippen LogP contribution in [0.3, 0.4) is 0 Å². The summed E-state index contributed by atoms with van der Waals surface area (Å²) in [6.07, 6.45) is 2.29. The molecule has 1 fully saturated rings. The van der Waals surface area contributed by atoms with E-state index in [-0.39, 0.29) is 11.3 Å². The number of piperidine rings is 1. The first kappa shape index (κ1) is 14.5. The van der Waals surface area contributed by atoms with Gasteiger partial charge >= 0.3 is 0 Å². The van der Waals surface area contributed by atoms with Crippen molar-refractivity contribution < 1.29 is 4.79 Å². The van der Waals surface area contributed by atoms with Crippen LogP contribution in [0.4, 0.5) is 0 Å². The third kappa shape index (κ3) is 4.05. The Morgan fingerprint density at radius 3 is 2.47 bits per heavy atom. The minimum Gasteiger partial charge on any atom is -0.351 e. The number of amides is 1. The van der Waals surface area contributed by atoms with Gasteiger partial charge in [0.25, 0.3) is 5.91 Å². The summed E-state index contributed by atoms with van der Waals surface area (Å²) >= 11 is 3.37. The van der Waals surface area contributed by atoms with Gasteiger partial charge in [0.05, 0.1) is 0 Å². The maximum absolute atomic E-state index is 12.1. The van der Waals surface area contributed by atoms with Gasteiger partial charge in [0.2, 0.25) is 0 Å². The quantitative estimate of drug-likeness (QED) is 0.927. The van der Waals surface area contributed by atoms with Gasteiger partial charge in [0.1, 0.15) is 0 Å². The van der Waals surface area contributed by atoms with Gasteiger partial charge in [-0.15, -0.1) is 0 Å². The van der Waals surface area contributed by atoms with E-state index in [1.54, 1.807) is 0 Å². The maximum atomic E-state index is 12.1. The fourth-order valence-corrected chi connectivity index (χ4v) is 2.60. The molecule has 1 aromatic rings. The monoisotopic (exact) mass is 324 g/mol. The number of benzene rings is 1. The lowest BCUT2D eigenvalue weighted by Crippen LogP contribution is -2.43. The van der Waals surface area contributed by atoms with E-state index in [0.717, 1.165) is 42.5 Å². The number of hydrogen-bond donors (Lipinski definition) is 1. The van der Waals surface area contributed by atoms with Crippen LogP contribution in [0.5, 0.6) is 0 Å². The van der Waals surface area contributed by atoms with Crippen molar-refractivity contribution in [1.29, 1.82) is 0 Å². The molecule has 0 aromatic heterocycles. The summed E-state index contributed by atoms with van der Waals surface area (Å²) in [6, 6.07) is 7.48. The van der Waals surface area contributed by atoms with Crippen molar-refractivity contribution in [1.82, 2.24) is 10.2 Å². The van der Waals surface area contributed by atoms with E-state index in [1.807, 2.05) is 24.3 Å². The second-order valence-electron chi connectivity index (χ2n) is 5.80. The number of halogens is 1. The molecule has 1 aliphatic rings. The molecule has 0 bridgehead atoms. The Hall–Kier alpha value is -0.870. The zero-order valence-corrected chi connectivity index (χ0v) is 13.2. The maximum Gasteiger partial charge on any atom is 0.251 e. The predicted octanol–water partition coefficient (Wildman–Crippen LogP) is 2.91. The first-order valence-corrected chi connectivity index (χ1v) is 7.50. The van der Waals surface area contributed by atoms with Gasteiger partial charge in [-0.25, -0.2) is 0 Å². The Bertz CT molecular complexity index is 436. The van der Waals surface area contributed by atoms with Gasteiger partial charge in [0, 0.05) is 16.6 Å². The van der Waals surface area contributed by atoms with Crippen molar-refractivity contribution >= 4 is 21.8 Å². The molecule has 1 heterocycles. The zero-order valence-electron chi connectivity index (χ0n) is 11.6. The van der Waals surface area contributed by atoms with Crippen LogP contribution in [0.2, 0.25) is 0 Å². The van der Waals surface area contributed by atoms with Crippen molar-refractivity contribution in [3.8, 4) is 0 Å². The summed E-state index contributed by atoms with van der Waals surface area (Å²) in [5.41, 5.74) is 0.956. The molecule has 0 saturated carbocycles. The van der Waals surface area contributed by atoms with E-state index in [0.29, 0.717) is 0 Å². The third-order valence-electron chi connectivity index (χ3n) is 3.98. The summed E-state index contributed by atoms with van der Waals surface area (Å²) in [4.78, 5) is 14.4. The Morgan fingerprint density at radius 2 is 1.89 bits per heavy atom. The molecule has 3 nitrogen and oxygen atoms in total. The molecule has 1 amide bonds. The Labute approximate surface area is 123 Å². The molecule has 0 radical (unpaired) electrons. The van der Waals surface area contributed by atoms with E-state index in [9.17, 15) is 4.79 Å². The fourth-order valence-electron chi connectivity index (χ4n) is 2.33. The van der Waals surface area contributed by atoms with E-state index >= 15 is 0 Å². The van der Waals surface area contributed by atoms with Crippen LogP contribution in [0.25, 0.3) is 0 Å². The number of carbonyl (C=O) groups is 1. The number of nitrogens with one attached hydrogen (secondary N) is 1. The van der Waals surface area contributed by atoms with Gasteiger partial charge in [-0.05, 0) is 62.7 Å². The van der Waals surface area contributed by atoms with Crippen LogP contribution in [-0.2, 0) is 0 Å². The molecule has 1 saturated heterocycles. The average molecular weight is 325 g/mol. The van der Waals surface area contributed by atoms with Crippen molar-refractivity contribution in [2.45, 2.75) is 19.8 Å². The SMILES string of the molecule is CN1CCC(C)(CNC(=O)c2ccc(Br)cc2)CC1. The summed E-state index contributed by atoms with van der Waals surface area (Å²) in [6.45, 7) is 5.26. The molecule has 1 aromatic carbocycles. The van der Waals surface area contributed by atoms with Gasteiger partial charge in [-0.3, -0.25) is 4.79 Å². The minimum absolute atomic E-state index is 0.0210. The Morgan fingerprint density at radius 1 is 1.32 bits per heavy atom. The lowest BCUT2D eigenvalue weighted by Gasteiger charge is -2.37. The van der Waals surface area contributed by atoms with E-state index < -0.39 is 0 Å². The topological polar surface area (TPSA) is 32.3 Å². The first-order chi connectivity index (χ1) is 8.98. The van der Waals surface area contributed by atoms with Crippen molar-refractivity contribution in [2.75, 3.05) is 26.7 Å². The molecule has 2 rings (SSSR count). The summed E-state index contributed by atoms with van der Waals surface area (Å²) in [7, 11) is 2.15. The first-order valence-electron chi connectivity index (χ1n) is 6.71. The molecular formula is C15H21BrN2O. The van der Waals surface area contributed by atoms with Gasteiger partial charge in [0.15, 0.2) is 0 Å². The number of likely N-dealkylation sites (tertiary alicyclic amines) is 1. The van der Waals surface area contributed by atoms with Gasteiger partial charge in [-0.2, -0.15) is 0 Å². The van der Waals surface area contributed by atoms with Crippen LogP contribution < -0.4 is 5.32 Å². The van der Waals surface area contributed by atoms with E-state index in [4.69, 9.17) is 0 Å². The second-order valence-corrected chi connectivity index (χ2v) is 6.72. The summed E-state index contributed by atoms with van der Waals surface area (Å²) in [5.74, 6) is 0.0210. The lowest BCUT2D eigenvalue weighted by molar-refractivity contribution is 0.0891. The summed E-state index contributed by atoms with van der Waals surface area (Å²) in [5, 5.41) is 3.07. The highest BCUT2D eigenvalue weighted by Crippen LogP contribution is 2.29. The number of hydrogen-bond acceptors (Lipinski definition) is 2. The molecule has 4 heteroatoms. The molecule has 0 aliphatic carbocycles. The van der Waals surface area contributed by atoms with Crippen LogP contribution in [0.15, 0.2) is 28.7 Å². The van der Waals surface area contributed by atoms with Crippen LogP contribution in [0, 0.1) is 5.41 Å². The predicted molar refractivity (Wildman–Crippen MR) is 81.3 cm³/mol. The molecule has 0 spiro atoms. The Kier molecular flexibility index (Phi) is 4.63. The fraction of sp³-hybridized carbons (Fsp3) is 0.533. The third-order valence-corrected chi connectivity index (χ3v) is 4.50. The van der Waals surface area contributed by atoms with Crippen molar-refractivity contribution in [2.24, 2.45) is 5.41 Å². The van der Waals surface area contributed by atoms with Crippen LogP contribution in [0.1, 0.15) is 30.1 Å². The minimum atomic E-state index is 0.0210. The Balaban J connectivity index is 1.88. The van der Waals surface area contributed by atoms with Crippen molar-refractivity contribution in [3.63, 3.8) is 0 Å². The number of rotatable bonds is 3. The largest absolute Gasteiger partial charge is 0.351 e. The lowest BCUT2D eigenvalue weighted by atomic mass is 9.80. The molecule has 0 unspecified atom stereocenters. The van der Waals surface area contributed by atoms with Gasteiger partial charge < -0.3 is 10.2 Å². The van der Waals surface area contributed by atoms with Crippen molar-refractivity contribution in [3.05, 3.63) is 34.3 Å². The van der Waals surface area contributed by atoms with Crippen LogP contribution >= 0.6 is 15.9 Å². The second kappa shape index (κ2) is 6.06. The smallest absolute Gasteiger partial charge is 0.251 e. The number of carbonyl (C=O) groups excluding carboxylic acids is 1. The van der Waals surface area contributed by atoms with E-state index in [2.05, 4.69) is 40.1 Å². The standard InChI is InChI=1S/C15H21BrN2O/c1-15(7-9-18(2)10-8-15)11-17-14(19)12-3-5-13(16)6-4-12/h3-6H,7-11H2,1-2H3,(H,17,19). The molecule has 19 heavy (non-hydrogen) atoms. The molecule has 104 valence electrons. The normalized spacial score (nSPS) is 19.1.